The van der Waals surface area contributed by atoms with E-state index in [0.29, 0.717) is 11.4 Å². The Morgan fingerprint density at radius 1 is 1.25 bits per heavy atom. The Balaban J connectivity index is 2.38. The summed E-state index contributed by atoms with van der Waals surface area (Å²) in [5.41, 5.74) is 0.706. The van der Waals surface area contributed by atoms with Crippen LogP contribution in [-0.4, -0.2) is 26.0 Å². The largest absolute Gasteiger partial charge is 0.477 e. The number of rotatable bonds is 2. The zero-order valence-electron chi connectivity index (χ0n) is 7.96. The highest BCUT2D eigenvalue weighted by Gasteiger charge is 2.06. The van der Waals surface area contributed by atoms with Crippen molar-refractivity contribution in [2.24, 2.45) is 0 Å². The van der Waals surface area contributed by atoms with Crippen LogP contribution in [0.2, 0.25) is 0 Å². The lowest BCUT2D eigenvalue weighted by Gasteiger charge is -2.00. The SMILES string of the molecule is O=C(O)c1ccc(-c2nccc(I)n2)cn1. The summed E-state index contributed by atoms with van der Waals surface area (Å²) in [4.78, 5) is 22.7. The molecule has 1 N–H and O–H groups in total. The molecule has 0 amide bonds. The van der Waals surface area contributed by atoms with Crippen LogP contribution < -0.4 is 0 Å². The van der Waals surface area contributed by atoms with Gasteiger partial charge in [-0.1, -0.05) is 0 Å². The molecule has 2 rings (SSSR count). The second-order valence-electron chi connectivity index (χ2n) is 2.94. The Kier molecular flexibility index (Phi) is 3.09. The molecule has 5 nitrogen and oxygen atoms in total. The molecule has 0 radical (unpaired) electrons. The van der Waals surface area contributed by atoms with E-state index in [2.05, 4.69) is 37.5 Å². The lowest BCUT2D eigenvalue weighted by molar-refractivity contribution is 0.0690. The normalized spacial score (nSPS) is 10.1. The number of carbonyl (C=O) groups is 1. The minimum absolute atomic E-state index is 0.00868. The van der Waals surface area contributed by atoms with E-state index in [4.69, 9.17) is 5.11 Å². The van der Waals surface area contributed by atoms with E-state index in [1.807, 2.05) is 0 Å². The first-order valence-corrected chi connectivity index (χ1v) is 5.43. The average molecular weight is 327 g/mol. The van der Waals surface area contributed by atoms with E-state index in [-0.39, 0.29) is 5.69 Å². The molecular formula is C10H6IN3O2. The van der Waals surface area contributed by atoms with E-state index in [0.717, 1.165) is 3.70 Å². The van der Waals surface area contributed by atoms with Crippen LogP contribution in [0.1, 0.15) is 10.5 Å². The third-order valence-electron chi connectivity index (χ3n) is 1.86. The number of carboxylic acids is 1. The van der Waals surface area contributed by atoms with E-state index >= 15 is 0 Å². The van der Waals surface area contributed by atoms with Gasteiger partial charge in [0.25, 0.3) is 0 Å². The fraction of sp³-hybridized carbons (Fsp3) is 0. The minimum Gasteiger partial charge on any atom is -0.477 e. The highest BCUT2D eigenvalue weighted by Crippen LogP contribution is 2.14. The summed E-state index contributed by atoms with van der Waals surface area (Å²) in [6, 6.07) is 4.85. The molecule has 2 heterocycles. The van der Waals surface area contributed by atoms with E-state index in [1.54, 1.807) is 18.3 Å². The van der Waals surface area contributed by atoms with Crippen LogP contribution in [0, 0.1) is 3.70 Å². The Morgan fingerprint density at radius 2 is 2.06 bits per heavy atom. The first-order chi connectivity index (χ1) is 7.66. The maximum atomic E-state index is 10.6. The zero-order chi connectivity index (χ0) is 11.5. The fourth-order valence-electron chi connectivity index (χ4n) is 1.13. The Labute approximate surface area is 105 Å². The summed E-state index contributed by atoms with van der Waals surface area (Å²) >= 11 is 2.08. The van der Waals surface area contributed by atoms with Crippen molar-refractivity contribution >= 4 is 28.6 Å². The van der Waals surface area contributed by atoms with E-state index in [1.165, 1.54) is 12.3 Å². The van der Waals surface area contributed by atoms with Crippen molar-refractivity contribution in [2.75, 3.05) is 0 Å². The van der Waals surface area contributed by atoms with Crippen LogP contribution in [0.5, 0.6) is 0 Å². The molecule has 0 atom stereocenters. The standard InChI is InChI=1S/C10H6IN3O2/c11-8-3-4-12-9(14-8)6-1-2-7(10(15)16)13-5-6/h1-5H,(H,15,16). The fourth-order valence-corrected chi connectivity index (χ4v) is 1.52. The second-order valence-corrected chi connectivity index (χ2v) is 4.05. The highest BCUT2D eigenvalue weighted by atomic mass is 127. The number of hydrogen-bond acceptors (Lipinski definition) is 4. The quantitative estimate of drug-likeness (QED) is 0.673. The van der Waals surface area contributed by atoms with E-state index < -0.39 is 5.97 Å². The molecular weight excluding hydrogens is 321 g/mol. The molecule has 0 saturated heterocycles. The molecule has 6 heteroatoms. The summed E-state index contributed by atoms with van der Waals surface area (Å²) < 4.78 is 0.824. The van der Waals surface area contributed by atoms with Crippen LogP contribution in [0.15, 0.2) is 30.6 Å². The zero-order valence-corrected chi connectivity index (χ0v) is 10.1. The van der Waals surface area contributed by atoms with Gasteiger partial charge in [0.1, 0.15) is 9.39 Å². The van der Waals surface area contributed by atoms with Gasteiger partial charge in [-0.15, -0.1) is 0 Å². The molecule has 0 aliphatic heterocycles. The molecule has 2 aromatic heterocycles. The van der Waals surface area contributed by atoms with Gasteiger partial charge in [-0.2, -0.15) is 0 Å². The molecule has 0 fully saturated rings. The first kappa shape index (κ1) is 10.9. The van der Waals surface area contributed by atoms with Crippen molar-refractivity contribution in [1.82, 2.24) is 15.0 Å². The van der Waals surface area contributed by atoms with Gasteiger partial charge < -0.3 is 5.11 Å². The molecule has 0 saturated carbocycles. The molecule has 0 aromatic carbocycles. The van der Waals surface area contributed by atoms with Gasteiger partial charge in [0.2, 0.25) is 0 Å². The van der Waals surface area contributed by atoms with Crippen molar-refractivity contribution < 1.29 is 9.90 Å². The van der Waals surface area contributed by atoms with Crippen molar-refractivity contribution in [3.63, 3.8) is 0 Å². The maximum absolute atomic E-state index is 10.6. The Bertz CT molecular complexity index is 528. The first-order valence-electron chi connectivity index (χ1n) is 4.35. The summed E-state index contributed by atoms with van der Waals surface area (Å²) in [6.07, 6.45) is 3.10. The second kappa shape index (κ2) is 4.52. The molecule has 0 aliphatic carbocycles. The van der Waals surface area contributed by atoms with Crippen LogP contribution >= 0.6 is 22.6 Å². The van der Waals surface area contributed by atoms with Gasteiger partial charge in [0.05, 0.1) is 0 Å². The minimum atomic E-state index is -1.05. The third-order valence-corrected chi connectivity index (χ3v) is 2.46. The number of hydrogen-bond donors (Lipinski definition) is 1. The molecule has 2 aromatic rings. The maximum Gasteiger partial charge on any atom is 0.354 e. The Hall–Kier alpha value is -1.57. The number of aromatic carboxylic acids is 1. The van der Waals surface area contributed by atoms with Crippen molar-refractivity contribution in [1.29, 1.82) is 0 Å². The number of carboxylic acid groups (broad SMARTS) is 1. The van der Waals surface area contributed by atoms with Gasteiger partial charge in [-0.3, -0.25) is 0 Å². The van der Waals surface area contributed by atoms with Crippen molar-refractivity contribution in [3.8, 4) is 11.4 Å². The van der Waals surface area contributed by atoms with Crippen LogP contribution in [-0.2, 0) is 0 Å². The van der Waals surface area contributed by atoms with Gasteiger partial charge in [0.15, 0.2) is 5.82 Å². The predicted octanol–water partition coefficient (Wildman–Crippen LogP) is 1.84. The van der Waals surface area contributed by atoms with Crippen molar-refractivity contribution in [2.45, 2.75) is 0 Å². The van der Waals surface area contributed by atoms with Crippen molar-refractivity contribution in [3.05, 3.63) is 40.0 Å². The average Bonchev–Trinajstić information content (AvgIpc) is 2.29. The van der Waals surface area contributed by atoms with Gasteiger partial charge in [-0.05, 0) is 40.8 Å². The molecule has 0 unspecified atom stereocenters. The molecule has 16 heavy (non-hydrogen) atoms. The van der Waals surface area contributed by atoms with Crippen LogP contribution in [0.4, 0.5) is 0 Å². The van der Waals surface area contributed by atoms with Crippen LogP contribution in [0.25, 0.3) is 11.4 Å². The van der Waals surface area contributed by atoms with E-state index in [9.17, 15) is 4.79 Å². The van der Waals surface area contributed by atoms with Gasteiger partial charge >= 0.3 is 5.97 Å². The summed E-state index contributed by atoms with van der Waals surface area (Å²) in [6.45, 7) is 0. The monoisotopic (exact) mass is 327 g/mol. The molecule has 0 bridgehead atoms. The third kappa shape index (κ3) is 2.32. The summed E-state index contributed by atoms with van der Waals surface area (Å²) in [5.74, 6) is -0.508. The summed E-state index contributed by atoms with van der Waals surface area (Å²) in [7, 11) is 0. The molecule has 80 valence electrons. The highest BCUT2D eigenvalue weighted by molar-refractivity contribution is 14.1. The summed E-state index contributed by atoms with van der Waals surface area (Å²) in [5, 5.41) is 8.70. The predicted molar refractivity (Wildman–Crippen MR) is 64.9 cm³/mol. The van der Waals surface area contributed by atoms with Gasteiger partial charge in [-0.25, -0.2) is 19.7 Å². The number of pyridine rings is 1. The van der Waals surface area contributed by atoms with Gasteiger partial charge in [0, 0.05) is 18.0 Å². The smallest absolute Gasteiger partial charge is 0.354 e. The number of aromatic nitrogens is 3. The molecule has 0 spiro atoms. The molecule has 0 aliphatic rings. The topological polar surface area (TPSA) is 76.0 Å². The lowest BCUT2D eigenvalue weighted by atomic mass is 10.2. The Morgan fingerprint density at radius 3 is 2.62 bits per heavy atom. The lowest BCUT2D eigenvalue weighted by Crippen LogP contribution is -2.00. The van der Waals surface area contributed by atoms with Crippen LogP contribution in [0.3, 0.4) is 0 Å². The number of halogens is 1. The number of nitrogens with zero attached hydrogens (tertiary/aromatic N) is 3.